The smallest absolute Gasteiger partial charge is 0.243 e. The molecule has 2 amide bonds. The Labute approximate surface area is 178 Å². The lowest BCUT2D eigenvalue weighted by Gasteiger charge is -2.32. The third kappa shape index (κ3) is 2.49. The van der Waals surface area contributed by atoms with Crippen LogP contribution in [-0.2, 0) is 21.5 Å². The normalized spacial score (nSPS) is 19.4. The second kappa shape index (κ2) is 6.75. The van der Waals surface area contributed by atoms with E-state index in [1.54, 1.807) is 21.8 Å². The Balaban J connectivity index is 1.68. The molecular weight excluding hydrogens is 400 g/mol. The van der Waals surface area contributed by atoms with Gasteiger partial charge >= 0.3 is 0 Å². The summed E-state index contributed by atoms with van der Waals surface area (Å²) < 4.78 is 1.68. The minimum Gasteiger partial charge on any atom is -0.311 e. The molecule has 2 aliphatic rings. The highest BCUT2D eigenvalue weighted by Gasteiger charge is 2.56. The summed E-state index contributed by atoms with van der Waals surface area (Å²) in [5.41, 5.74) is 1.92. The lowest BCUT2D eigenvalue weighted by Crippen LogP contribution is -2.46. The summed E-state index contributed by atoms with van der Waals surface area (Å²) in [4.78, 5) is 28.0. The molecule has 30 heavy (non-hydrogen) atoms. The van der Waals surface area contributed by atoms with Crippen LogP contribution in [0.25, 0.3) is 0 Å². The third-order valence-electron chi connectivity index (χ3n) is 5.78. The number of fused-ring (bicyclic) bond motifs is 4. The van der Waals surface area contributed by atoms with Crippen LogP contribution in [0.4, 0.5) is 11.5 Å². The Kier molecular flexibility index (Phi) is 4.16. The minimum atomic E-state index is -1.14. The van der Waals surface area contributed by atoms with Crippen LogP contribution in [0.1, 0.15) is 23.1 Å². The first-order valence-electron chi connectivity index (χ1n) is 9.50. The maximum absolute atomic E-state index is 13.7. The fourth-order valence-corrected chi connectivity index (χ4v) is 4.65. The van der Waals surface area contributed by atoms with E-state index in [9.17, 15) is 9.59 Å². The van der Waals surface area contributed by atoms with Crippen molar-refractivity contribution < 1.29 is 9.59 Å². The van der Waals surface area contributed by atoms with Crippen molar-refractivity contribution in [1.82, 2.24) is 9.78 Å². The number of anilines is 2. The summed E-state index contributed by atoms with van der Waals surface area (Å²) in [6, 6.07) is 14.9. The minimum absolute atomic E-state index is 0.00864. The molecule has 5 rings (SSSR count). The number of para-hydroxylation sites is 1. The zero-order valence-corrected chi connectivity index (χ0v) is 16.7. The molecule has 2 aliphatic heterocycles. The number of amides is 2. The van der Waals surface area contributed by atoms with Gasteiger partial charge < -0.3 is 5.32 Å². The number of hydrogen-bond donors (Lipinski definition) is 1. The highest BCUT2D eigenvalue weighted by molar-refractivity contribution is 6.31. The number of aromatic nitrogens is 2. The van der Waals surface area contributed by atoms with Gasteiger partial charge in [-0.1, -0.05) is 53.9 Å². The van der Waals surface area contributed by atoms with E-state index in [0.717, 1.165) is 16.8 Å². The van der Waals surface area contributed by atoms with Gasteiger partial charge in [-0.15, -0.1) is 6.42 Å². The Morgan fingerprint density at radius 2 is 1.90 bits per heavy atom. The second-order valence-electron chi connectivity index (χ2n) is 7.40. The van der Waals surface area contributed by atoms with Gasteiger partial charge in [0, 0.05) is 22.7 Å². The maximum atomic E-state index is 13.7. The molecule has 1 aromatic heterocycles. The Hall–Kier alpha value is -3.56. The van der Waals surface area contributed by atoms with Crippen LogP contribution in [0.5, 0.6) is 0 Å². The summed E-state index contributed by atoms with van der Waals surface area (Å²) in [5.74, 6) is 2.62. The fraction of sp³-hybridized carbons (Fsp3) is 0.174. The zero-order chi connectivity index (χ0) is 20.9. The first-order chi connectivity index (χ1) is 14.6. The van der Waals surface area contributed by atoms with E-state index in [1.807, 2.05) is 42.5 Å². The number of carbonyl (C=O) groups excluding carboxylic acids is 2. The largest absolute Gasteiger partial charge is 0.311 e. The molecule has 0 bridgehead atoms. The second-order valence-corrected chi connectivity index (χ2v) is 7.81. The maximum Gasteiger partial charge on any atom is 0.243 e. The number of nitrogens with zero attached hydrogens (tertiary/aromatic N) is 3. The van der Waals surface area contributed by atoms with Gasteiger partial charge in [0.05, 0.1) is 19.3 Å². The Morgan fingerprint density at radius 3 is 2.70 bits per heavy atom. The quantitative estimate of drug-likeness (QED) is 0.667. The average molecular weight is 417 g/mol. The SMILES string of the molecule is C#CCN1C(=O)[C@@]2(CC(=O)Nc3c2cnn3Cc2ccccc2Cl)c2ccccc21. The van der Waals surface area contributed by atoms with Crippen molar-refractivity contribution in [3.05, 3.63) is 76.4 Å². The van der Waals surface area contributed by atoms with Gasteiger partial charge in [0.25, 0.3) is 0 Å². The average Bonchev–Trinajstić information content (AvgIpc) is 3.24. The zero-order valence-electron chi connectivity index (χ0n) is 15.9. The number of hydrogen-bond acceptors (Lipinski definition) is 3. The summed E-state index contributed by atoms with van der Waals surface area (Å²) in [6.07, 6.45) is 7.19. The van der Waals surface area contributed by atoms with Crippen molar-refractivity contribution in [2.45, 2.75) is 18.4 Å². The topological polar surface area (TPSA) is 67.2 Å². The monoisotopic (exact) mass is 416 g/mol. The number of nitrogens with one attached hydrogen (secondary N) is 1. The Bertz CT molecular complexity index is 1240. The number of benzene rings is 2. The summed E-state index contributed by atoms with van der Waals surface area (Å²) >= 11 is 6.31. The molecule has 0 radical (unpaired) electrons. The predicted octanol–water partition coefficient (Wildman–Crippen LogP) is 3.19. The van der Waals surface area contributed by atoms with Gasteiger partial charge in [0.2, 0.25) is 11.8 Å². The fourth-order valence-electron chi connectivity index (χ4n) is 4.45. The summed E-state index contributed by atoms with van der Waals surface area (Å²) in [6.45, 7) is 0.511. The van der Waals surface area contributed by atoms with E-state index in [1.165, 1.54) is 0 Å². The van der Waals surface area contributed by atoms with Gasteiger partial charge in [-0.3, -0.25) is 14.5 Å². The number of carbonyl (C=O) groups is 2. The molecule has 0 saturated heterocycles. The van der Waals surface area contributed by atoms with E-state index in [2.05, 4.69) is 16.3 Å². The molecule has 1 spiro atoms. The third-order valence-corrected chi connectivity index (χ3v) is 6.14. The van der Waals surface area contributed by atoms with Crippen molar-refractivity contribution in [2.24, 2.45) is 0 Å². The number of terminal acetylenes is 1. The molecule has 3 heterocycles. The molecule has 7 heteroatoms. The van der Waals surface area contributed by atoms with E-state index >= 15 is 0 Å². The van der Waals surface area contributed by atoms with Gasteiger partial charge in [-0.2, -0.15) is 5.10 Å². The van der Waals surface area contributed by atoms with Gasteiger partial charge in [-0.25, -0.2) is 4.68 Å². The predicted molar refractivity (Wildman–Crippen MR) is 114 cm³/mol. The van der Waals surface area contributed by atoms with Gasteiger partial charge in [0.1, 0.15) is 11.2 Å². The molecule has 1 N–H and O–H groups in total. The molecule has 0 aliphatic carbocycles. The van der Waals surface area contributed by atoms with Gasteiger partial charge in [0.15, 0.2) is 0 Å². The van der Waals surface area contributed by atoms with Crippen LogP contribution in [0.15, 0.2) is 54.7 Å². The van der Waals surface area contributed by atoms with Crippen molar-refractivity contribution in [3.8, 4) is 12.3 Å². The van der Waals surface area contributed by atoms with Crippen LogP contribution in [0.2, 0.25) is 5.02 Å². The Morgan fingerprint density at radius 1 is 1.13 bits per heavy atom. The molecule has 1 atom stereocenters. The molecule has 0 unspecified atom stereocenters. The van der Waals surface area contributed by atoms with E-state index in [4.69, 9.17) is 18.0 Å². The van der Waals surface area contributed by atoms with Crippen molar-refractivity contribution >= 4 is 34.9 Å². The molecule has 148 valence electrons. The van der Waals surface area contributed by atoms with Crippen LogP contribution in [0.3, 0.4) is 0 Å². The number of rotatable bonds is 3. The molecule has 2 aromatic carbocycles. The van der Waals surface area contributed by atoms with E-state index < -0.39 is 5.41 Å². The summed E-state index contributed by atoms with van der Waals surface area (Å²) in [5, 5.41) is 8.02. The van der Waals surface area contributed by atoms with Crippen molar-refractivity contribution in [2.75, 3.05) is 16.8 Å². The van der Waals surface area contributed by atoms with Crippen LogP contribution in [-0.4, -0.2) is 28.1 Å². The summed E-state index contributed by atoms with van der Waals surface area (Å²) in [7, 11) is 0. The first kappa shape index (κ1) is 18.5. The lowest BCUT2D eigenvalue weighted by molar-refractivity contribution is -0.126. The molecule has 6 nitrogen and oxygen atoms in total. The highest BCUT2D eigenvalue weighted by Crippen LogP contribution is 2.52. The van der Waals surface area contributed by atoms with Crippen LogP contribution >= 0.6 is 11.6 Å². The molecule has 0 saturated carbocycles. The van der Waals surface area contributed by atoms with Crippen molar-refractivity contribution in [3.63, 3.8) is 0 Å². The molecule has 3 aromatic rings. The van der Waals surface area contributed by atoms with Crippen LogP contribution in [0, 0.1) is 12.3 Å². The first-order valence-corrected chi connectivity index (χ1v) is 9.88. The highest BCUT2D eigenvalue weighted by atomic mass is 35.5. The van der Waals surface area contributed by atoms with Crippen molar-refractivity contribution in [1.29, 1.82) is 0 Å². The lowest BCUT2D eigenvalue weighted by atomic mass is 9.72. The molecular formula is C23H17ClN4O2. The van der Waals surface area contributed by atoms with E-state index in [-0.39, 0.29) is 24.8 Å². The molecule has 0 fully saturated rings. The number of halogens is 1. The standard InChI is InChI=1S/C23H17ClN4O2/c1-2-11-27-19-10-6-4-8-16(19)23(22(27)30)12-20(29)26-21-17(23)13-25-28(21)14-15-7-3-5-9-18(15)24/h1,3-10,13H,11-12,14H2,(H,26,29)/t23-/m0/s1. The van der Waals surface area contributed by atoms with Crippen LogP contribution < -0.4 is 10.2 Å². The van der Waals surface area contributed by atoms with E-state index in [0.29, 0.717) is 22.9 Å². The van der Waals surface area contributed by atoms with Gasteiger partial charge in [-0.05, 0) is 23.3 Å².